The number of hydrogen-bond acceptors (Lipinski definition) is 0. The molecule has 0 aliphatic rings. The van der Waals surface area contributed by atoms with Crippen molar-refractivity contribution in [2.75, 3.05) is 0 Å². The molecule has 0 aliphatic heterocycles. The maximum Gasteiger partial charge on any atom is 0.0483 e. The minimum atomic E-state index is 0.252. The van der Waals surface area contributed by atoms with E-state index in [0.717, 1.165) is 12.8 Å². The molecule has 0 saturated carbocycles. The van der Waals surface area contributed by atoms with Gasteiger partial charge in [0, 0.05) is 29.6 Å². The number of para-hydroxylation sites is 1. The summed E-state index contributed by atoms with van der Waals surface area (Å²) in [7, 11) is 2.16. The monoisotopic (exact) mass is 267 g/mol. The van der Waals surface area contributed by atoms with Crippen molar-refractivity contribution in [3.8, 4) is 12.3 Å². The number of benzene rings is 1. The molecule has 0 saturated heterocycles. The zero-order valence-corrected chi connectivity index (χ0v) is 12.9. The maximum absolute atomic E-state index is 5.85. The van der Waals surface area contributed by atoms with E-state index < -0.39 is 0 Å². The van der Waals surface area contributed by atoms with Gasteiger partial charge >= 0.3 is 0 Å². The highest BCUT2D eigenvalue weighted by molar-refractivity contribution is 5.86. The lowest BCUT2D eigenvalue weighted by molar-refractivity contribution is 0.634. The number of terminal acetylenes is 1. The lowest BCUT2D eigenvalue weighted by Crippen LogP contribution is -2.02. The van der Waals surface area contributed by atoms with Crippen LogP contribution in [0.3, 0.4) is 0 Å². The molecule has 0 amide bonds. The summed E-state index contributed by atoms with van der Waals surface area (Å²) in [5, 5.41) is 1.34. The Morgan fingerprint density at radius 3 is 2.60 bits per heavy atom. The standard InChI is InChI=1S/C19H25N/c1-5-8-9-12-15(6-2)19-16-13-10-11-14-18(16)20(4)17(19)7-3/h2,10-11,13-15H,5,7-9,12H2,1,3-4H3. The molecule has 2 aromatic rings. The topological polar surface area (TPSA) is 4.93 Å². The van der Waals surface area contributed by atoms with Gasteiger partial charge in [0.1, 0.15) is 0 Å². The van der Waals surface area contributed by atoms with Crippen LogP contribution in [-0.4, -0.2) is 4.57 Å². The number of aromatic nitrogens is 1. The van der Waals surface area contributed by atoms with Gasteiger partial charge in [-0.3, -0.25) is 0 Å². The highest BCUT2D eigenvalue weighted by atomic mass is 14.9. The molecule has 0 bridgehead atoms. The molecule has 1 unspecified atom stereocenters. The van der Waals surface area contributed by atoms with Gasteiger partial charge in [-0.05, 0) is 24.5 Å². The van der Waals surface area contributed by atoms with Crippen molar-refractivity contribution in [1.29, 1.82) is 0 Å². The number of hydrogen-bond donors (Lipinski definition) is 0. The van der Waals surface area contributed by atoms with Gasteiger partial charge in [0.25, 0.3) is 0 Å². The van der Waals surface area contributed by atoms with Crippen molar-refractivity contribution in [3.05, 3.63) is 35.5 Å². The van der Waals surface area contributed by atoms with Crippen molar-refractivity contribution in [2.24, 2.45) is 7.05 Å². The van der Waals surface area contributed by atoms with E-state index in [2.05, 4.69) is 55.6 Å². The molecule has 1 heteroatoms. The van der Waals surface area contributed by atoms with Crippen LogP contribution in [-0.2, 0) is 13.5 Å². The van der Waals surface area contributed by atoms with Crippen LogP contribution in [0.1, 0.15) is 56.7 Å². The summed E-state index contributed by atoms with van der Waals surface area (Å²) in [5.41, 5.74) is 4.09. The van der Waals surface area contributed by atoms with Gasteiger partial charge in [-0.25, -0.2) is 0 Å². The van der Waals surface area contributed by atoms with Gasteiger partial charge in [-0.15, -0.1) is 6.42 Å². The SMILES string of the molecule is C#CC(CCCCC)c1c(CC)n(C)c2ccccc12. The Labute approximate surface area is 123 Å². The second-order valence-corrected chi connectivity index (χ2v) is 5.51. The first-order valence-corrected chi connectivity index (χ1v) is 7.76. The normalized spacial score (nSPS) is 12.5. The Kier molecular flexibility index (Phi) is 4.90. The molecule has 20 heavy (non-hydrogen) atoms. The zero-order chi connectivity index (χ0) is 14.5. The van der Waals surface area contributed by atoms with Crippen LogP contribution in [0.5, 0.6) is 0 Å². The summed E-state index contributed by atoms with van der Waals surface area (Å²) in [6.07, 6.45) is 11.7. The molecule has 0 N–H and O–H groups in total. The summed E-state index contributed by atoms with van der Waals surface area (Å²) >= 11 is 0. The summed E-state index contributed by atoms with van der Waals surface area (Å²) in [6.45, 7) is 4.46. The fraction of sp³-hybridized carbons (Fsp3) is 0.474. The summed E-state index contributed by atoms with van der Waals surface area (Å²) in [5.74, 6) is 3.30. The lowest BCUT2D eigenvalue weighted by Gasteiger charge is -2.13. The van der Waals surface area contributed by atoms with Crippen LogP contribution >= 0.6 is 0 Å². The molecule has 0 radical (unpaired) electrons. The third kappa shape index (κ3) is 2.61. The van der Waals surface area contributed by atoms with E-state index in [-0.39, 0.29) is 5.92 Å². The molecule has 1 aromatic carbocycles. The molecule has 1 atom stereocenters. The van der Waals surface area contributed by atoms with Crippen LogP contribution in [0.25, 0.3) is 10.9 Å². The average molecular weight is 267 g/mol. The van der Waals surface area contributed by atoms with Gasteiger partial charge in [0.05, 0.1) is 0 Å². The van der Waals surface area contributed by atoms with Crippen molar-refractivity contribution < 1.29 is 0 Å². The van der Waals surface area contributed by atoms with Crippen LogP contribution in [0.4, 0.5) is 0 Å². The highest BCUT2D eigenvalue weighted by Crippen LogP contribution is 2.34. The molecular weight excluding hydrogens is 242 g/mol. The summed E-state index contributed by atoms with van der Waals surface area (Å²) in [6, 6.07) is 8.63. The van der Waals surface area contributed by atoms with Crippen LogP contribution in [0.15, 0.2) is 24.3 Å². The first-order chi connectivity index (χ1) is 9.74. The third-order valence-corrected chi connectivity index (χ3v) is 4.25. The Hall–Kier alpha value is -1.68. The van der Waals surface area contributed by atoms with Crippen molar-refractivity contribution in [1.82, 2.24) is 4.57 Å². The number of nitrogens with zero attached hydrogens (tertiary/aromatic N) is 1. The molecular formula is C19H25N. The number of fused-ring (bicyclic) bond motifs is 1. The Morgan fingerprint density at radius 1 is 1.20 bits per heavy atom. The molecule has 1 aromatic heterocycles. The van der Waals surface area contributed by atoms with Gasteiger partial charge in [-0.2, -0.15) is 0 Å². The Morgan fingerprint density at radius 2 is 1.95 bits per heavy atom. The summed E-state index contributed by atoms with van der Waals surface area (Å²) < 4.78 is 2.31. The Balaban J connectivity index is 2.48. The molecule has 106 valence electrons. The minimum Gasteiger partial charge on any atom is -0.347 e. The fourth-order valence-corrected chi connectivity index (χ4v) is 3.20. The minimum absolute atomic E-state index is 0.252. The van der Waals surface area contributed by atoms with Crippen LogP contribution < -0.4 is 0 Å². The van der Waals surface area contributed by atoms with Crippen molar-refractivity contribution in [2.45, 2.75) is 51.9 Å². The first kappa shape index (κ1) is 14.7. The highest BCUT2D eigenvalue weighted by Gasteiger charge is 2.19. The Bertz CT molecular complexity index is 612. The van der Waals surface area contributed by atoms with E-state index >= 15 is 0 Å². The quantitative estimate of drug-likeness (QED) is 0.510. The number of rotatable bonds is 6. The van der Waals surface area contributed by atoms with E-state index in [9.17, 15) is 0 Å². The van der Waals surface area contributed by atoms with Crippen LogP contribution in [0.2, 0.25) is 0 Å². The molecule has 0 spiro atoms. The largest absolute Gasteiger partial charge is 0.347 e. The number of unbranched alkanes of at least 4 members (excludes halogenated alkanes) is 2. The predicted octanol–water partition coefficient (Wildman–Crippen LogP) is 5.04. The molecule has 2 rings (SSSR count). The maximum atomic E-state index is 5.85. The van der Waals surface area contributed by atoms with E-state index in [1.54, 1.807) is 0 Å². The second-order valence-electron chi connectivity index (χ2n) is 5.51. The lowest BCUT2D eigenvalue weighted by atomic mass is 9.91. The van der Waals surface area contributed by atoms with Crippen molar-refractivity contribution in [3.63, 3.8) is 0 Å². The molecule has 1 nitrogen and oxygen atoms in total. The van der Waals surface area contributed by atoms with Gasteiger partial charge in [0.2, 0.25) is 0 Å². The van der Waals surface area contributed by atoms with Crippen LogP contribution in [0, 0.1) is 12.3 Å². The summed E-state index contributed by atoms with van der Waals surface area (Å²) in [4.78, 5) is 0. The average Bonchev–Trinajstić information content (AvgIpc) is 2.77. The van der Waals surface area contributed by atoms with E-state index in [1.165, 1.54) is 41.4 Å². The van der Waals surface area contributed by atoms with E-state index in [1.807, 2.05) is 0 Å². The third-order valence-electron chi connectivity index (χ3n) is 4.25. The second kappa shape index (κ2) is 6.66. The van der Waals surface area contributed by atoms with Gasteiger partial charge in [-0.1, -0.05) is 57.2 Å². The number of aryl methyl sites for hydroxylation is 1. The van der Waals surface area contributed by atoms with E-state index in [0.29, 0.717) is 0 Å². The molecule has 1 heterocycles. The smallest absolute Gasteiger partial charge is 0.0483 e. The fourth-order valence-electron chi connectivity index (χ4n) is 3.20. The van der Waals surface area contributed by atoms with Gasteiger partial charge < -0.3 is 4.57 Å². The first-order valence-electron chi connectivity index (χ1n) is 7.76. The predicted molar refractivity (Wildman–Crippen MR) is 88.0 cm³/mol. The zero-order valence-electron chi connectivity index (χ0n) is 12.9. The molecule has 0 fully saturated rings. The van der Waals surface area contributed by atoms with Gasteiger partial charge in [0.15, 0.2) is 0 Å². The molecule has 0 aliphatic carbocycles. The van der Waals surface area contributed by atoms with Crippen molar-refractivity contribution >= 4 is 10.9 Å². The van der Waals surface area contributed by atoms with E-state index in [4.69, 9.17) is 6.42 Å².